The van der Waals surface area contributed by atoms with Crippen LogP contribution in [0.4, 0.5) is 0 Å². The van der Waals surface area contributed by atoms with Crippen LogP contribution >= 0.6 is 11.8 Å². The highest BCUT2D eigenvalue weighted by molar-refractivity contribution is 7.99. The highest BCUT2D eigenvalue weighted by Crippen LogP contribution is 2.02. The van der Waals surface area contributed by atoms with Crippen LogP contribution in [0.25, 0.3) is 0 Å². The fourth-order valence-corrected chi connectivity index (χ4v) is 1.77. The Kier molecular flexibility index (Phi) is 8.71. The van der Waals surface area contributed by atoms with Crippen molar-refractivity contribution >= 4 is 23.6 Å². The van der Waals surface area contributed by atoms with Gasteiger partial charge in [0.25, 0.3) is 0 Å². The normalized spacial score (nSPS) is 9.62. The lowest BCUT2D eigenvalue weighted by Gasteiger charge is -2.13. The molecule has 0 rings (SSSR count). The molecule has 0 radical (unpaired) electrons. The summed E-state index contributed by atoms with van der Waals surface area (Å²) in [5, 5.41) is 2.71. The van der Waals surface area contributed by atoms with E-state index in [0.717, 1.165) is 24.5 Å². The highest BCUT2D eigenvalue weighted by atomic mass is 32.2. The van der Waals surface area contributed by atoms with Gasteiger partial charge in [-0.3, -0.25) is 9.59 Å². The van der Waals surface area contributed by atoms with Crippen LogP contribution in [0.15, 0.2) is 12.7 Å². The number of hydrogen-bond donors (Lipinski definition) is 1. The Morgan fingerprint density at radius 2 is 2.12 bits per heavy atom. The van der Waals surface area contributed by atoms with E-state index >= 15 is 0 Å². The molecule has 5 heteroatoms. The van der Waals surface area contributed by atoms with Gasteiger partial charge in [-0.05, 0) is 18.2 Å². The van der Waals surface area contributed by atoms with E-state index in [0.29, 0.717) is 6.54 Å². The molecule has 0 aliphatic heterocycles. The molecule has 92 valence electrons. The summed E-state index contributed by atoms with van der Waals surface area (Å²) in [6.07, 6.45) is 2.25. The van der Waals surface area contributed by atoms with E-state index in [1.54, 1.807) is 30.6 Å². The zero-order chi connectivity index (χ0) is 12.4. The van der Waals surface area contributed by atoms with E-state index in [4.69, 9.17) is 0 Å². The van der Waals surface area contributed by atoms with Gasteiger partial charge in [-0.25, -0.2) is 0 Å². The SMILES string of the molecule is C=CC(=O)NCCSCCCN(C)C(C)=O. The van der Waals surface area contributed by atoms with Crippen LogP contribution in [0, 0.1) is 0 Å². The smallest absolute Gasteiger partial charge is 0.243 e. The Balaban J connectivity index is 3.25. The molecule has 0 aromatic heterocycles. The molecule has 0 aliphatic carbocycles. The van der Waals surface area contributed by atoms with Gasteiger partial charge in [-0.15, -0.1) is 0 Å². The van der Waals surface area contributed by atoms with Crippen molar-refractivity contribution < 1.29 is 9.59 Å². The maximum absolute atomic E-state index is 10.9. The van der Waals surface area contributed by atoms with Gasteiger partial charge in [-0.1, -0.05) is 6.58 Å². The molecule has 0 heterocycles. The Hall–Kier alpha value is -0.970. The molecule has 2 amide bonds. The van der Waals surface area contributed by atoms with Gasteiger partial charge < -0.3 is 10.2 Å². The second-order valence-corrected chi connectivity index (χ2v) is 4.63. The first-order chi connectivity index (χ1) is 7.57. The Morgan fingerprint density at radius 1 is 1.44 bits per heavy atom. The van der Waals surface area contributed by atoms with Crippen molar-refractivity contribution in [3.05, 3.63) is 12.7 Å². The quantitative estimate of drug-likeness (QED) is 0.509. The van der Waals surface area contributed by atoms with Crippen LogP contribution < -0.4 is 5.32 Å². The van der Waals surface area contributed by atoms with E-state index in [9.17, 15) is 9.59 Å². The topological polar surface area (TPSA) is 49.4 Å². The number of hydrogen-bond acceptors (Lipinski definition) is 3. The lowest BCUT2D eigenvalue weighted by Crippen LogP contribution is -2.25. The Bertz CT molecular complexity index is 244. The Morgan fingerprint density at radius 3 is 2.69 bits per heavy atom. The molecule has 1 N–H and O–H groups in total. The molecule has 0 saturated heterocycles. The lowest BCUT2D eigenvalue weighted by atomic mass is 10.4. The molecule has 0 aromatic carbocycles. The summed E-state index contributed by atoms with van der Waals surface area (Å²) in [4.78, 5) is 23.4. The zero-order valence-corrected chi connectivity index (χ0v) is 10.8. The molecule has 0 fully saturated rings. The number of nitrogens with one attached hydrogen (secondary N) is 1. The number of rotatable bonds is 8. The fraction of sp³-hybridized carbons (Fsp3) is 0.636. The lowest BCUT2D eigenvalue weighted by molar-refractivity contribution is -0.127. The summed E-state index contributed by atoms with van der Waals surface area (Å²) < 4.78 is 0. The van der Waals surface area contributed by atoms with Crippen LogP contribution in [0.5, 0.6) is 0 Å². The minimum atomic E-state index is -0.128. The van der Waals surface area contributed by atoms with Crippen LogP contribution in [-0.4, -0.2) is 48.4 Å². The predicted octanol–water partition coefficient (Wildman–Crippen LogP) is 0.890. The molecule has 4 nitrogen and oxygen atoms in total. The van der Waals surface area contributed by atoms with Crippen LogP contribution in [0.2, 0.25) is 0 Å². The molecular formula is C11H20N2O2S. The highest BCUT2D eigenvalue weighted by Gasteiger charge is 2.00. The Labute approximate surface area is 101 Å². The van der Waals surface area contributed by atoms with Gasteiger partial charge >= 0.3 is 0 Å². The summed E-state index contributed by atoms with van der Waals surface area (Å²) >= 11 is 1.77. The van der Waals surface area contributed by atoms with E-state index in [2.05, 4.69) is 11.9 Å². The number of carbonyl (C=O) groups is 2. The third kappa shape index (κ3) is 8.35. The number of carbonyl (C=O) groups excluding carboxylic acids is 2. The van der Waals surface area contributed by atoms with Crippen molar-refractivity contribution in [2.75, 3.05) is 31.6 Å². The van der Waals surface area contributed by atoms with E-state index in [-0.39, 0.29) is 11.8 Å². The van der Waals surface area contributed by atoms with Crippen LogP contribution in [0.3, 0.4) is 0 Å². The minimum absolute atomic E-state index is 0.100. The molecule has 0 saturated carbocycles. The largest absolute Gasteiger partial charge is 0.352 e. The monoisotopic (exact) mass is 244 g/mol. The molecule has 0 unspecified atom stereocenters. The van der Waals surface area contributed by atoms with E-state index in [1.165, 1.54) is 6.08 Å². The molecule has 16 heavy (non-hydrogen) atoms. The average molecular weight is 244 g/mol. The minimum Gasteiger partial charge on any atom is -0.352 e. The first kappa shape index (κ1) is 15.0. The molecule has 0 atom stereocenters. The number of amides is 2. The van der Waals surface area contributed by atoms with E-state index < -0.39 is 0 Å². The molecule has 0 aliphatic rings. The number of nitrogens with zero attached hydrogens (tertiary/aromatic N) is 1. The van der Waals surface area contributed by atoms with Crippen LogP contribution in [0.1, 0.15) is 13.3 Å². The van der Waals surface area contributed by atoms with Crippen molar-refractivity contribution in [3.8, 4) is 0 Å². The molecular weight excluding hydrogens is 224 g/mol. The second kappa shape index (κ2) is 9.27. The van der Waals surface area contributed by atoms with Gasteiger partial charge in [0.2, 0.25) is 11.8 Å². The summed E-state index contributed by atoms with van der Waals surface area (Å²) in [5.74, 6) is 1.87. The predicted molar refractivity (Wildman–Crippen MR) is 68.5 cm³/mol. The van der Waals surface area contributed by atoms with Crippen molar-refractivity contribution in [2.45, 2.75) is 13.3 Å². The van der Waals surface area contributed by atoms with Crippen molar-refractivity contribution in [1.29, 1.82) is 0 Å². The van der Waals surface area contributed by atoms with Gasteiger partial charge in [0, 0.05) is 32.8 Å². The van der Waals surface area contributed by atoms with Gasteiger partial charge in [0.05, 0.1) is 0 Å². The maximum atomic E-state index is 10.9. The summed E-state index contributed by atoms with van der Waals surface area (Å²) in [7, 11) is 1.80. The first-order valence-corrected chi connectivity index (χ1v) is 6.43. The molecule has 0 spiro atoms. The fourth-order valence-electron chi connectivity index (χ4n) is 0.982. The zero-order valence-electron chi connectivity index (χ0n) is 9.99. The number of thioether (sulfide) groups is 1. The summed E-state index contributed by atoms with van der Waals surface area (Å²) in [5.41, 5.74) is 0. The van der Waals surface area contributed by atoms with E-state index in [1.807, 2.05) is 0 Å². The summed E-state index contributed by atoms with van der Waals surface area (Å²) in [6.45, 7) is 6.39. The van der Waals surface area contributed by atoms with Crippen molar-refractivity contribution in [1.82, 2.24) is 10.2 Å². The second-order valence-electron chi connectivity index (χ2n) is 3.40. The van der Waals surface area contributed by atoms with Crippen molar-refractivity contribution in [2.24, 2.45) is 0 Å². The molecule has 0 aromatic rings. The van der Waals surface area contributed by atoms with Crippen molar-refractivity contribution in [3.63, 3.8) is 0 Å². The third-order valence-electron chi connectivity index (χ3n) is 2.05. The average Bonchev–Trinajstić information content (AvgIpc) is 2.26. The van der Waals surface area contributed by atoms with Crippen LogP contribution in [-0.2, 0) is 9.59 Å². The standard InChI is InChI=1S/C11H20N2O2S/c1-4-11(15)12-6-9-16-8-5-7-13(3)10(2)14/h4H,1,5-9H2,2-3H3,(H,12,15). The maximum Gasteiger partial charge on any atom is 0.243 e. The third-order valence-corrected chi connectivity index (χ3v) is 3.12. The molecule has 0 bridgehead atoms. The first-order valence-electron chi connectivity index (χ1n) is 5.27. The van der Waals surface area contributed by atoms with Gasteiger partial charge in [-0.2, -0.15) is 11.8 Å². The summed E-state index contributed by atoms with van der Waals surface area (Å²) in [6, 6.07) is 0. The van der Waals surface area contributed by atoms with Gasteiger partial charge in [0.15, 0.2) is 0 Å². The van der Waals surface area contributed by atoms with Gasteiger partial charge in [0.1, 0.15) is 0 Å².